The molecule has 0 aromatic rings. The second-order valence-electron chi connectivity index (χ2n) is 4.36. The van der Waals surface area contributed by atoms with Gasteiger partial charge in [-0.05, 0) is 19.6 Å². The van der Waals surface area contributed by atoms with E-state index in [1.807, 2.05) is 19.6 Å². The Hall–Kier alpha value is -1.63. The molecule has 0 aromatic heterocycles. The third-order valence-corrected chi connectivity index (χ3v) is 2.37. The molecule has 102 valence electrons. The van der Waals surface area contributed by atoms with Gasteiger partial charge in [0.05, 0.1) is 13.5 Å². The van der Waals surface area contributed by atoms with Crippen molar-refractivity contribution in [1.82, 2.24) is 0 Å². The maximum Gasteiger partial charge on any atom is 0.331 e. The van der Waals surface area contributed by atoms with Crippen molar-refractivity contribution < 1.29 is 28.3 Å². The summed E-state index contributed by atoms with van der Waals surface area (Å²) in [6.07, 6.45) is 1.89. The van der Waals surface area contributed by atoms with Gasteiger partial charge in [0, 0.05) is 12.2 Å². The molecule has 0 spiro atoms. The van der Waals surface area contributed by atoms with E-state index < -0.39 is 20.3 Å². The first-order chi connectivity index (χ1) is 8.24. The van der Waals surface area contributed by atoms with E-state index in [-0.39, 0.29) is 19.0 Å². The summed E-state index contributed by atoms with van der Waals surface area (Å²) in [7, 11) is -0.699. The van der Waals surface area contributed by atoms with Crippen molar-refractivity contribution in [2.45, 2.75) is 26.1 Å². The molecule has 6 nitrogen and oxygen atoms in total. The molecule has 0 saturated heterocycles. The summed E-state index contributed by atoms with van der Waals surface area (Å²) in [6.45, 7) is 5.58. The number of methoxy groups -OCH3 is 1. The van der Waals surface area contributed by atoms with Crippen LogP contribution in [0.2, 0.25) is 19.6 Å². The van der Waals surface area contributed by atoms with Crippen molar-refractivity contribution in [2.75, 3.05) is 13.7 Å². The third kappa shape index (κ3) is 9.58. The zero-order valence-corrected chi connectivity index (χ0v) is 12.0. The zero-order valence-electron chi connectivity index (χ0n) is 11.0. The SMILES string of the molecule is COC(=O)C=CC(=O)OCCC(=O)O[Si](C)(C)C. The highest BCUT2D eigenvalue weighted by Crippen LogP contribution is 2.04. The van der Waals surface area contributed by atoms with Crippen LogP contribution in [0.1, 0.15) is 6.42 Å². The van der Waals surface area contributed by atoms with Crippen LogP contribution in [0.4, 0.5) is 0 Å². The lowest BCUT2D eigenvalue weighted by Crippen LogP contribution is -2.29. The first-order valence-corrected chi connectivity index (χ1v) is 8.80. The van der Waals surface area contributed by atoms with Gasteiger partial charge in [0.2, 0.25) is 8.32 Å². The zero-order chi connectivity index (χ0) is 14.2. The highest BCUT2D eigenvalue weighted by atomic mass is 28.4. The Morgan fingerprint density at radius 1 is 1.06 bits per heavy atom. The molecular formula is C11H18O6Si. The minimum Gasteiger partial charge on any atom is -0.520 e. The maximum atomic E-state index is 11.3. The van der Waals surface area contributed by atoms with Crippen LogP contribution in [0.3, 0.4) is 0 Å². The van der Waals surface area contributed by atoms with Crippen LogP contribution in [0, 0.1) is 0 Å². The average Bonchev–Trinajstić information content (AvgIpc) is 2.23. The molecule has 0 aliphatic heterocycles. The van der Waals surface area contributed by atoms with Crippen molar-refractivity contribution in [2.24, 2.45) is 0 Å². The minimum atomic E-state index is -1.90. The number of esters is 2. The number of hydrogen-bond acceptors (Lipinski definition) is 6. The molecule has 0 aliphatic carbocycles. The second kappa shape index (κ2) is 7.65. The van der Waals surface area contributed by atoms with Crippen molar-refractivity contribution >= 4 is 26.2 Å². The molecule has 0 bridgehead atoms. The second-order valence-corrected chi connectivity index (χ2v) is 8.79. The molecule has 7 heteroatoms. The Morgan fingerprint density at radius 3 is 2.11 bits per heavy atom. The van der Waals surface area contributed by atoms with Crippen LogP contribution in [0.5, 0.6) is 0 Å². The van der Waals surface area contributed by atoms with Crippen molar-refractivity contribution in [1.29, 1.82) is 0 Å². The molecule has 0 N–H and O–H groups in total. The summed E-state index contributed by atoms with van der Waals surface area (Å²) in [6, 6.07) is 0. The molecule has 0 aromatic carbocycles. The van der Waals surface area contributed by atoms with E-state index in [1.54, 1.807) is 0 Å². The van der Waals surface area contributed by atoms with Gasteiger partial charge in [0.25, 0.3) is 5.97 Å². The van der Waals surface area contributed by atoms with Crippen LogP contribution >= 0.6 is 0 Å². The fraction of sp³-hybridized carbons (Fsp3) is 0.545. The molecule has 0 rings (SSSR count). The molecule has 0 atom stereocenters. The molecular weight excluding hydrogens is 256 g/mol. The summed E-state index contributed by atoms with van der Waals surface area (Å²) in [5.41, 5.74) is 0. The molecule has 0 unspecified atom stereocenters. The first-order valence-electron chi connectivity index (χ1n) is 5.39. The van der Waals surface area contributed by atoms with E-state index in [2.05, 4.69) is 4.74 Å². The van der Waals surface area contributed by atoms with Gasteiger partial charge >= 0.3 is 11.9 Å². The Bertz CT molecular complexity index is 342. The quantitative estimate of drug-likeness (QED) is 0.409. The number of carbonyl (C=O) groups excluding carboxylic acids is 3. The Balaban J connectivity index is 3.85. The summed E-state index contributed by atoms with van der Waals surface area (Å²) < 4.78 is 14.1. The number of ether oxygens (including phenoxy) is 2. The predicted octanol–water partition coefficient (Wildman–Crippen LogP) is 1.03. The highest BCUT2D eigenvalue weighted by molar-refractivity contribution is 6.71. The molecule has 0 saturated carbocycles. The van der Waals surface area contributed by atoms with E-state index in [9.17, 15) is 14.4 Å². The molecule has 18 heavy (non-hydrogen) atoms. The van der Waals surface area contributed by atoms with Gasteiger partial charge in [-0.15, -0.1) is 0 Å². The summed E-state index contributed by atoms with van der Waals surface area (Å²) >= 11 is 0. The van der Waals surface area contributed by atoms with E-state index in [0.29, 0.717) is 0 Å². The van der Waals surface area contributed by atoms with Crippen LogP contribution in [-0.2, 0) is 28.3 Å². The lowest BCUT2D eigenvalue weighted by molar-refractivity contribution is -0.142. The Morgan fingerprint density at radius 2 is 1.61 bits per heavy atom. The lowest BCUT2D eigenvalue weighted by atomic mass is 10.4. The Kier molecular flexibility index (Phi) is 6.95. The predicted molar refractivity (Wildman–Crippen MR) is 66.2 cm³/mol. The first kappa shape index (κ1) is 16.4. The van der Waals surface area contributed by atoms with E-state index in [1.165, 1.54) is 7.11 Å². The third-order valence-electron chi connectivity index (χ3n) is 1.53. The summed E-state index contributed by atoms with van der Waals surface area (Å²) in [5.74, 6) is -1.75. The number of rotatable bonds is 6. The van der Waals surface area contributed by atoms with Crippen LogP contribution < -0.4 is 0 Å². The lowest BCUT2D eigenvalue weighted by Gasteiger charge is -2.16. The number of hydrogen-bond donors (Lipinski definition) is 0. The van der Waals surface area contributed by atoms with E-state index in [4.69, 9.17) is 9.16 Å². The molecule has 0 aliphatic rings. The fourth-order valence-corrected chi connectivity index (χ4v) is 1.66. The topological polar surface area (TPSA) is 78.9 Å². The van der Waals surface area contributed by atoms with Gasteiger partial charge in [0.1, 0.15) is 6.61 Å². The standard InChI is InChI=1S/C11H18O6Si/c1-15-9(12)5-6-10(13)16-8-7-11(14)17-18(2,3)4/h5-6H,7-8H2,1-4H3. The largest absolute Gasteiger partial charge is 0.520 e. The molecule has 0 radical (unpaired) electrons. The van der Waals surface area contributed by atoms with E-state index in [0.717, 1.165) is 12.2 Å². The van der Waals surface area contributed by atoms with Gasteiger partial charge in [-0.1, -0.05) is 0 Å². The Labute approximate surface area is 107 Å². The fourth-order valence-electron chi connectivity index (χ4n) is 0.880. The van der Waals surface area contributed by atoms with Gasteiger partial charge in [-0.3, -0.25) is 4.79 Å². The molecule has 0 heterocycles. The molecule has 0 amide bonds. The van der Waals surface area contributed by atoms with Crippen molar-refractivity contribution in [3.8, 4) is 0 Å². The van der Waals surface area contributed by atoms with Gasteiger partial charge in [-0.2, -0.15) is 0 Å². The van der Waals surface area contributed by atoms with Crippen molar-refractivity contribution in [3.63, 3.8) is 0 Å². The minimum absolute atomic E-state index is 0.00206. The maximum absolute atomic E-state index is 11.3. The number of carbonyl (C=O) groups is 3. The average molecular weight is 274 g/mol. The smallest absolute Gasteiger partial charge is 0.331 e. The monoisotopic (exact) mass is 274 g/mol. The summed E-state index contributed by atoms with van der Waals surface area (Å²) in [5, 5.41) is 0. The summed E-state index contributed by atoms with van der Waals surface area (Å²) in [4.78, 5) is 33.0. The highest BCUT2D eigenvalue weighted by Gasteiger charge is 2.19. The van der Waals surface area contributed by atoms with Crippen LogP contribution in [0.25, 0.3) is 0 Å². The van der Waals surface area contributed by atoms with Gasteiger partial charge < -0.3 is 13.9 Å². The van der Waals surface area contributed by atoms with Gasteiger partial charge in [0.15, 0.2) is 0 Å². The van der Waals surface area contributed by atoms with Crippen LogP contribution in [0.15, 0.2) is 12.2 Å². The van der Waals surface area contributed by atoms with Crippen molar-refractivity contribution in [3.05, 3.63) is 12.2 Å². The molecule has 0 fully saturated rings. The van der Waals surface area contributed by atoms with E-state index >= 15 is 0 Å². The van der Waals surface area contributed by atoms with Gasteiger partial charge in [-0.25, -0.2) is 9.59 Å². The van der Waals surface area contributed by atoms with Crippen LogP contribution in [-0.4, -0.2) is 39.9 Å². The normalized spacial score (nSPS) is 11.1.